The Labute approximate surface area is 179 Å². The molecule has 0 bridgehead atoms. The van der Waals surface area contributed by atoms with Crippen LogP contribution in [0.4, 0.5) is 0 Å². The minimum Gasteiger partial charge on any atom is -0.510 e. The van der Waals surface area contributed by atoms with Crippen molar-refractivity contribution in [3.63, 3.8) is 0 Å². The maximum absolute atomic E-state index is 10.4. The molecular weight excluding hydrogens is 431 g/mol. The Balaban J connectivity index is 1.54. The third-order valence-corrected chi connectivity index (χ3v) is 5.44. The Kier molecular flexibility index (Phi) is 5.45. The number of nitriles is 1. The van der Waals surface area contributed by atoms with Gasteiger partial charge in [0.2, 0.25) is 5.16 Å². The van der Waals surface area contributed by atoms with Gasteiger partial charge < -0.3 is 10.1 Å². The lowest BCUT2D eigenvalue weighted by atomic mass is 10.2. The predicted molar refractivity (Wildman–Crippen MR) is 114 cm³/mol. The quantitative estimate of drug-likeness (QED) is 0.221. The summed E-state index contributed by atoms with van der Waals surface area (Å²) in [5.74, 6) is 0.749. The Bertz CT molecular complexity index is 1240. The minimum absolute atomic E-state index is 0.0716. The molecule has 0 radical (unpaired) electrons. The number of hydrogen-bond acceptors (Lipinski definition) is 6. The molecule has 4 rings (SSSR count). The van der Waals surface area contributed by atoms with E-state index >= 15 is 0 Å². The number of aromatic nitrogens is 5. The number of rotatable bonds is 5. The highest BCUT2D eigenvalue weighted by molar-refractivity contribution is 7.99. The molecule has 2 aromatic heterocycles. The van der Waals surface area contributed by atoms with Gasteiger partial charge in [-0.3, -0.25) is 5.10 Å². The fraction of sp³-hybridized carbons (Fsp3) is 0.0526. The number of halogens is 2. The van der Waals surface area contributed by atoms with Gasteiger partial charge in [0, 0.05) is 10.6 Å². The molecule has 2 aromatic carbocycles. The molecule has 0 spiro atoms. The molecule has 0 aliphatic rings. The van der Waals surface area contributed by atoms with E-state index in [1.54, 1.807) is 18.2 Å². The SMILES string of the molecule is N#CC(=C(O)CSc1n[nH]c(-c2cc(Cl)ccc2Cl)n1)c1nc2ccccc2[nH]1. The number of para-hydroxylation sites is 2. The first-order valence-electron chi connectivity index (χ1n) is 8.33. The molecule has 4 aromatic rings. The largest absolute Gasteiger partial charge is 0.510 e. The van der Waals surface area contributed by atoms with Crippen LogP contribution >= 0.6 is 35.0 Å². The van der Waals surface area contributed by atoms with Crippen LogP contribution in [0.1, 0.15) is 5.82 Å². The van der Waals surface area contributed by atoms with E-state index in [-0.39, 0.29) is 17.1 Å². The van der Waals surface area contributed by atoms with Gasteiger partial charge in [-0.25, -0.2) is 9.97 Å². The number of aliphatic hydroxyl groups excluding tert-OH is 1. The van der Waals surface area contributed by atoms with E-state index in [9.17, 15) is 10.4 Å². The second-order valence-electron chi connectivity index (χ2n) is 5.92. The molecule has 0 amide bonds. The third-order valence-electron chi connectivity index (χ3n) is 4.01. The monoisotopic (exact) mass is 442 g/mol. The Morgan fingerprint density at radius 1 is 1.17 bits per heavy atom. The first-order valence-corrected chi connectivity index (χ1v) is 10.1. The average molecular weight is 443 g/mol. The number of thioether (sulfide) groups is 1. The molecule has 0 aliphatic heterocycles. The molecule has 7 nitrogen and oxygen atoms in total. The summed E-state index contributed by atoms with van der Waals surface area (Å²) in [4.78, 5) is 11.7. The topological polar surface area (TPSA) is 114 Å². The number of benzene rings is 2. The summed E-state index contributed by atoms with van der Waals surface area (Å²) >= 11 is 13.4. The number of nitrogens with zero attached hydrogens (tertiary/aromatic N) is 4. The second-order valence-corrected chi connectivity index (χ2v) is 7.70. The van der Waals surface area contributed by atoms with E-state index in [0.717, 1.165) is 5.52 Å². The first kappa shape index (κ1) is 19.3. The molecule has 0 saturated heterocycles. The van der Waals surface area contributed by atoms with Crippen LogP contribution in [0.2, 0.25) is 10.0 Å². The molecule has 2 heterocycles. The van der Waals surface area contributed by atoms with Crippen molar-refractivity contribution in [2.45, 2.75) is 5.16 Å². The minimum atomic E-state index is -0.122. The fourth-order valence-electron chi connectivity index (χ4n) is 2.64. The Morgan fingerprint density at radius 2 is 2.00 bits per heavy atom. The zero-order chi connectivity index (χ0) is 20.4. The summed E-state index contributed by atoms with van der Waals surface area (Å²) in [6.45, 7) is 0. The van der Waals surface area contributed by atoms with Gasteiger partial charge >= 0.3 is 0 Å². The van der Waals surface area contributed by atoms with Crippen LogP contribution in [0, 0.1) is 11.3 Å². The molecule has 0 saturated carbocycles. The standard InChI is InChI=1S/C19H12Cl2N6OS/c20-10-5-6-13(21)11(7-10)18-25-19(27-26-18)29-9-16(28)12(8-22)17-23-14-3-1-2-4-15(14)24-17/h1-7,28H,9H2,(H,23,24)(H,25,26,27). The number of imidazole rings is 1. The number of allylic oxidation sites excluding steroid dienone is 1. The van der Waals surface area contributed by atoms with Gasteiger partial charge in [-0.1, -0.05) is 47.1 Å². The van der Waals surface area contributed by atoms with Crippen molar-refractivity contribution in [2.24, 2.45) is 0 Å². The highest BCUT2D eigenvalue weighted by Crippen LogP contribution is 2.30. The van der Waals surface area contributed by atoms with Crippen LogP contribution in [0.15, 0.2) is 53.4 Å². The highest BCUT2D eigenvalue weighted by atomic mass is 35.5. The van der Waals surface area contributed by atoms with Gasteiger partial charge in [0.25, 0.3) is 0 Å². The zero-order valence-corrected chi connectivity index (χ0v) is 17.0. The van der Waals surface area contributed by atoms with E-state index in [4.69, 9.17) is 23.2 Å². The molecule has 3 N–H and O–H groups in total. The van der Waals surface area contributed by atoms with E-state index in [2.05, 4.69) is 25.1 Å². The summed E-state index contributed by atoms with van der Waals surface area (Å²) in [5, 5.41) is 28.2. The van der Waals surface area contributed by atoms with Crippen LogP contribution in [0.5, 0.6) is 0 Å². The van der Waals surface area contributed by atoms with E-state index < -0.39 is 0 Å². The van der Waals surface area contributed by atoms with Gasteiger partial charge in [-0.05, 0) is 30.3 Å². The van der Waals surface area contributed by atoms with Gasteiger partial charge in [0.1, 0.15) is 17.4 Å². The molecule has 0 unspecified atom stereocenters. The Hall–Kier alpha value is -2.99. The van der Waals surface area contributed by atoms with Crippen molar-refractivity contribution < 1.29 is 5.11 Å². The first-order chi connectivity index (χ1) is 14.0. The summed E-state index contributed by atoms with van der Waals surface area (Å²) in [7, 11) is 0. The van der Waals surface area contributed by atoms with Crippen molar-refractivity contribution in [2.75, 3.05) is 5.75 Å². The maximum atomic E-state index is 10.4. The van der Waals surface area contributed by atoms with Crippen molar-refractivity contribution in [1.82, 2.24) is 25.1 Å². The zero-order valence-electron chi connectivity index (χ0n) is 14.6. The van der Waals surface area contributed by atoms with E-state index in [1.807, 2.05) is 30.3 Å². The lowest BCUT2D eigenvalue weighted by Crippen LogP contribution is -1.95. The van der Waals surface area contributed by atoms with Crippen molar-refractivity contribution >= 4 is 51.6 Å². The van der Waals surface area contributed by atoms with E-state index in [0.29, 0.717) is 37.9 Å². The van der Waals surface area contributed by atoms with Gasteiger partial charge in [0.05, 0.1) is 21.8 Å². The van der Waals surface area contributed by atoms with E-state index in [1.165, 1.54) is 11.8 Å². The molecular formula is C19H12Cl2N6OS. The van der Waals surface area contributed by atoms with Crippen LogP contribution in [0.3, 0.4) is 0 Å². The van der Waals surface area contributed by atoms with Gasteiger partial charge in [-0.2, -0.15) is 5.26 Å². The fourth-order valence-corrected chi connectivity index (χ4v) is 3.70. The Morgan fingerprint density at radius 3 is 2.79 bits per heavy atom. The smallest absolute Gasteiger partial charge is 0.209 e. The number of hydrogen-bond donors (Lipinski definition) is 3. The van der Waals surface area contributed by atoms with Crippen LogP contribution < -0.4 is 0 Å². The van der Waals surface area contributed by atoms with Crippen molar-refractivity contribution in [3.8, 4) is 17.5 Å². The number of fused-ring (bicyclic) bond motifs is 1. The number of aliphatic hydroxyl groups is 1. The molecule has 0 aliphatic carbocycles. The normalized spacial score (nSPS) is 12.0. The van der Waals surface area contributed by atoms with Crippen molar-refractivity contribution in [3.05, 3.63) is 64.1 Å². The number of nitrogens with one attached hydrogen (secondary N) is 2. The summed E-state index contributed by atoms with van der Waals surface area (Å²) < 4.78 is 0. The number of H-pyrrole nitrogens is 2. The molecule has 144 valence electrons. The average Bonchev–Trinajstić information content (AvgIpc) is 3.35. The van der Waals surface area contributed by atoms with Gasteiger partial charge in [0.15, 0.2) is 11.6 Å². The summed E-state index contributed by atoms with van der Waals surface area (Å²) in [5.41, 5.74) is 2.20. The molecule has 0 fully saturated rings. The lowest BCUT2D eigenvalue weighted by Gasteiger charge is -2.01. The van der Waals surface area contributed by atoms with Gasteiger partial charge in [-0.15, -0.1) is 5.10 Å². The van der Waals surface area contributed by atoms with Crippen molar-refractivity contribution in [1.29, 1.82) is 5.26 Å². The van der Waals surface area contributed by atoms with Crippen LogP contribution in [0.25, 0.3) is 28.0 Å². The summed E-state index contributed by atoms with van der Waals surface area (Å²) in [6, 6.07) is 14.4. The number of aromatic amines is 2. The predicted octanol–water partition coefficient (Wildman–Crippen LogP) is 5.24. The molecule has 29 heavy (non-hydrogen) atoms. The molecule has 0 atom stereocenters. The second kappa shape index (κ2) is 8.17. The maximum Gasteiger partial charge on any atom is 0.209 e. The lowest BCUT2D eigenvalue weighted by molar-refractivity contribution is 0.420. The summed E-state index contributed by atoms with van der Waals surface area (Å²) in [6.07, 6.45) is 0. The van der Waals surface area contributed by atoms with Crippen LogP contribution in [-0.2, 0) is 0 Å². The van der Waals surface area contributed by atoms with Crippen LogP contribution in [-0.4, -0.2) is 36.0 Å². The highest BCUT2D eigenvalue weighted by Gasteiger charge is 2.15. The molecule has 10 heteroatoms. The third kappa shape index (κ3) is 4.07.